The van der Waals surface area contributed by atoms with Gasteiger partial charge in [0.15, 0.2) is 11.8 Å². The highest BCUT2D eigenvalue weighted by Crippen LogP contribution is 2.39. The zero-order valence-corrected chi connectivity index (χ0v) is 17.4. The van der Waals surface area contributed by atoms with Crippen molar-refractivity contribution in [2.24, 2.45) is 0 Å². The number of para-hydroxylation sites is 2. The number of rotatable bonds is 6. The number of hydrogen-bond acceptors (Lipinski definition) is 4. The Bertz CT molecular complexity index is 1060. The Labute approximate surface area is 175 Å². The maximum absolute atomic E-state index is 12.9. The number of nitrogens with one attached hydrogen (secondary N) is 1. The molecule has 0 bridgehead atoms. The fourth-order valence-electron chi connectivity index (χ4n) is 3.40. The van der Waals surface area contributed by atoms with Gasteiger partial charge in [0, 0.05) is 11.6 Å². The number of aromatic nitrogens is 2. The molecular formula is C24H25N3O3. The lowest BCUT2D eigenvalue weighted by Gasteiger charge is -2.16. The third-order valence-corrected chi connectivity index (χ3v) is 5.32. The van der Waals surface area contributed by atoms with Crippen molar-refractivity contribution in [3.63, 3.8) is 0 Å². The van der Waals surface area contributed by atoms with Gasteiger partial charge in [0.2, 0.25) is 0 Å². The van der Waals surface area contributed by atoms with E-state index in [1.165, 1.54) is 0 Å². The van der Waals surface area contributed by atoms with Gasteiger partial charge in [0.25, 0.3) is 5.91 Å². The van der Waals surface area contributed by atoms with E-state index in [2.05, 4.69) is 10.4 Å². The first-order valence-corrected chi connectivity index (χ1v) is 10.2. The van der Waals surface area contributed by atoms with E-state index in [1.54, 1.807) is 17.7 Å². The van der Waals surface area contributed by atoms with Crippen LogP contribution in [-0.4, -0.2) is 27.8 Å². The van der Waals surface area contributed by atoms with Crippen molar-refractivity contribution in [2.45, 2.75) is 45.6 Å². The van der Waals surface area contributed by atoms with Gasteiger partial charge in [-0.1, -0.05) is 36.4 Å². The molecule has 1 aromatic heterocycles. The number of aryl methyl sites for hydroxylation is 2. The minimum Gasteiger partial charge on any atom is -0.448 e. The van der Waals surface area contributed by atoms with Crippen LogP contribution in [0.25, 0.3) is 5.69 Å². The third-order valence-electron chi connectivity index (χ3n) is 5.32. The lowest BCUT2D eigenvalue weighted by molar-refractivity contribution is -0.123. The van der Waals surface area contributed by atoms with Crippen molar-refractivity contribution in [2.75, 3.05) is 5.32 Å². The van der Waals surface area contributed by atoms with Gasteiger partial charge in [0.05, 0.1) is 11.4 Å². The SMILES string of the molecule is Cc1cccc(C)c1NC(=O)[C@@H](C)OC(=O)c1cc(C2CC2)nn1-c1ccccc1. The smallest absolute Gasteiger partial charge is 0.357 e. The molecule has 6 nitrogen and oxygen atoms in total. The van der Waals surface area contributed by atoms with Gasteiger partial charge in [-0.15, -0.1) is 0 Å². The molecule has 0 spiro atoms. The number of amides is 1. The Morgan fingerprint density at radius 2 is 1.73 bits per heavy atom. The molecule has 30 heavy (non-hydrogen) atoms. The summed E-state index contributed by atoms with van der Waals surface area (Å²) < 4.78 is 7.12. The second-order valence-electron chi connectivity index (χ2n) is 7.78. The van der Waals surface area contributed by atoms with E-state index in [4.69, 9.17) is 4.74 Å². The molecule has 1 saturated carbocycles. The number of esters is 1. The quantitative estimate of drug-likeness (QED) is 0.613. The van der Waals surface area contributed by atoms with Crippen molar-refractivity contribution in [1.82, 2.24) is 9.78 Å². The van der Waals surface area contributed by atoms with Crippen LogP contribution in [0.5, 0.6) is 0 Å². The highest BCUT2D eigenvalue weighted by molar-refractivity contribution is 5.98. The van der Waals surface area contributed by atoms with Crippen LogP contribution in [0.2, 0.25) is 0 Å². The van der Waals surface area contributed by atoms with Gasteiger partial charge >= 0.3 is 5.97 Å². The van der Waals surface area contributed by atoms with Crippen LogP contribution in [0.15, 0.2) is 54.6 Å². The van der Waals surface area contributed by atoms with E-state index in [0.717, 1.165) is 41.0 Å². The number of anilines is 1. The molecular weight excluding hydrogens is 378 g/mol. The fourth-order valence-corrected chi connectivity index (χ4v) is 3.40. The molecule has 1 amide bonds. The summed E-state index contributed by atoms with van der Waals surface area (Å²) in [5, 5.41) is 7.50. The molecule has 1 N–H and O–H groups in total. The van der Waals surface area contributed by atoms with E-state index in [-0.39, 0.29) is 5.91 Å². The predicted molar refractivity (Wildman–Crippen MR) is 115 cm³/mol. The van der Waals surface area contributed by atoms with Crippen molar-refractivity contribution in [3.05, 3.63) is 77.1 Å². The molecule has 0 radical (unpaired) electrons. The molecule has 2 aromatic carbocycles. The molecule has 0 saturated heterocycles. The number of nitrogens with zero attached hydrogens (tertiary/aromatic N) is 2. The standard InChI is InChI=1S/C24H25N3O3/c1-15-8-7-9-16(2)22(15)25-23(28)17(3)30-24(29)21-14-20(18-12-13-18)26-27(21)19-10-5-4-6-11-19/h4-11,14,17-18H,12-13H2,1-3H3,(H,25,28)/t17-/m1/s1. The van der Waals surface area contributed by atoms with E-state index in [1.807, 2.05) is 62.4 Å². The van der Waals surface area contributed by atoms with Gasteiger partial charge in [-0.05, 0) is 62.9 Å². The second-order valence-corrected chi connectivity index (χ2v) is 7.78. The van der Waals surface area contributed by atoms with Gasteiger partial charge in [0.1, 0.15) is 0 Å². The van der Waals surface area contributed by atoms with Crippen LogP contribution in [0, 0.1) is 13.8 Å². The van der Waals surface area contributed by atoms with E-state index in [9.17, 15) is 9.59 Å². The largest absolute Gasteiger partial charge is 0.448 e. The highest BCUT2D eigenvalue weighted by Gasteiger charge is 2.30. The number of ether oxygens (including phenoxy) is 1. The zero-order valence-electron chi connectivity index (χ0n) is 17.4. The lowest BCUT2D eigenvalue weighted by atomic mass is 10.1. The van der Waals surface area contributed by atoms with E-state index in [0.29, 0.717) is 11.6 Å². The molecule has 0 aliphatic heterocycles. The summed E-state index contributed by atoms with van der Waals surface area (Å²) >= 11 is 0. The summed E-state index contributed by atoms with van der Waals surface area (Å²) in [6.07, 6.45) is 1.21. The molecule has 3 aromatic rings. The Kier molecular flexibility index (Phi) is 5.40. The molecule has 1 atom stereocenters. The molecule has 1 aliphatic rings. The Balaban J connectivity index is 1.53. The molecule has 6 heteroatoms. The number of carbonyl (C=O) groups excluding carboxylic acids is 2. The van der Waals surface area contributed by atoms with Crippen molar-refractivity contribution < 1.29 is 14.3 Å². The Morgan fingerprint density at radius 1 is 1.07 bits per heavy atom. The third kappa shape index (κ3) is 4.13. The van der Waals surface area contributed by atoms with E-state index < -0.39 is 12.1 Å². The topological polar surface area (TPSA) is 73.2 Å². The molecule has 4 rings (SSSR count). The van der Waals surface area contributed by atoms with Crippen molar-refractivity contribution in [3.8, 4) is 5.69 Å². The molecule has 1 aliphatic carbocycles. The number of carbonyl (C=O) groups is 2. The second kappa shape index (κ2) is 8.14. The number of hydrogen-bond donors (Lipinski definition) is 1. The summed E-state index contributed by atoms with van der Waals surface area (Å²) in [7, 11) is 0. The summed E-state index contributed by atoms with van der Waals surface area (Å²) in [4.78, 5) is 25.6. The first kappa shape index (κ1) is 19.9. The van der Waals surface area contributed by atoms with Crippen LogP contribution >= 0.6 is 0 Å². The summed E-state index contributed by atoms with van der Waals surface area (Å²) in [5.41, 5.74) is 4.66. The first-order valence-electron chi connectivity index (χ1n) is 10.2. The predicted octanol–water partition coefficient (Wildman–Crippen LogP) is 4.55. The summed E-state index contributed by atoms with van der Waals surface area (Å²) in [6, 6.07) is 17.0. The maximum atomic E-state index is 12.9. The molecule has 0 unspecified atom stereocenters. The number of benzene rings is 2. The van der Waals surface area contributed by atoms with Crippen LogP contribution in [0.1, 0.15) is 53.0 Å². The normalized spacial score (nSPS) is 14.2. The van der Waals surface area contributed by atoms with Gasteiger partial charge in [-0.2, -0.15) is 5.10 Å². The van der Waals surface area contributed by atoms with Crippen molar-refractivity contribution >= 4 is 17.6 Å². The minimum atomic E-state index is -0.944. The van der Waals surface area contributed by atoms with E-state index >= 15 is 0 Å². The zero-order chi connectivity index (χ0) is 21.3. The summed E-state index contributed by atoms with van der Waals surface area (Å²) in [5.74, 6) is -0.539. The van der Waals surface area contributed by atoms with Crippen LogP contribution in [-0.2, 0) is 9.53 Å². The monoisotopic (exact) mass is 403 g/mol. The average Bonchev–Trinajstić information content (AvgIpc) is 3.49. The lowest BCUT2D eigenvalue weighted by Crippen LogP contribution is -2.31. The fraction of sp³-hybridized carbons (Fsp3) is 0.292. The Hall–Kier alpha value is -3.41. The molecule has 154 valence electrons. The van der Waals surface area contributed by atoms with Gasteiger partial charge < -0.3 is 10.1 Å². The minimum absolute atomic E-state index is 0.329. The van der Waals surface area contributed by atoms with Crippen LogP contribution in [0.4, 0.5) is 5.69 Å². The molecule has 1 heterocycles. The van der Waals surface area contributed by atoms with Gasteiger partial charge in [-0.3, -0.25) is 4.79 Å². The Morgan fingerprint density at radius 3 is 2.37 bits per heavy atom. The average molecular weight is 403 g/mol. The van der Waals surface area contributed by atoms with Gasteiger partial charge in [-0.25, -0.2) is 9.48 Å². The summed E-state index contributed by atoms with van der Waals surface area (Å²) in [6.45, 7) is 5.43. The maximum Gasteiger partial charge on any atom is 0.357 e. The highest BCUT2D eigenvalue weighted by atomic mass is 16.5. The van der Waals surface area contributed by atoms with Crippen LogP contribution < -0.4 is 5.32 Å². The molecule has 1 fully saturated rings. The van der Waals surface area contributed by atoms with Crippen LogP contribution in [0.3, 0.4) is 0 Å². The van der Waals surface area contributed by atoms with Crippen molar-refractivity contribution in [1.29, 1.82) is 0 Å². The first-order chi connectivity index (χ1) is 14.4.